The van der Waals surface area contributed by atoms with Crippen molar-refractivity contribution in [2.45, 2.75) is 31.7 Å². The third-order valence-electron chi connectivity index (χ3n) is 4.90. The van der Waals surface area contributed by atoms with Crippen molar-refractivity contribution >= 4 is 23.7 Å². The van der Waals surface area contributed by atoms with E-state index >= 15 is 0 Å². The Morgan fingerprint density at radius 1 is 1.18 bits per heavy atom. The molecule has 2 heterocycles. The maximum atomic E-state index is 12.8. The van der Waals surface area contributed by atoms with Gasteiger partial charge in [0.25, 0.3) is 5.95 Å². The van der Waals surface area contributed by atoms with Gasteiger partial charge in [-0.2, -0.15) is 4.98 Å². The van der Waals surface area contributed by atoms with Crippen LogP contribution in [0.5, 0.6) is 0 Å². The summed E-state index contributed by atoms with van der Waals surface area (Å²) in [6, 6.07) is 19.1. The third-order valence-corrected chi connectivity index (χ3v) is 4.90. The number of nitrogens with one attached hydrogen (secondary N) is 2. The van der Waals surface area contributed by atoms with Crippen LogP contribution in [-0.2, 0) is 9.59 Å². The molecule has 2 amide bonds. The Morgan fingerprint density at radius 3 is 2.54 bits per heavy atom. The molecule has 1 aromatic heterocycles. The summed E-state index contributed by atoms with van der Waals surface area (Å²) in [6.45, 7) is 1.97. The molecule has 28 heavy (non-hydrogen) atoms. The summed E-state index contributed by atoms with van der Waals surface area (Å²) in [5.74, 6) is -0.0477. The Morgan fingerprint density at radius 2 is 1.86 bits per heavy atom. The van der Waals surface area contributed by atoms with E-state index in [9.17, 15) is 9.59 Å². The normalized spacial score (nSPS) is 16.8. The zero-order valence-corrected chi connectivity index (χ0v) is 15.5. The molecule has 7 heteroatoms. The van der Waals surface area contributed by atoms with E-state index in [1.165, 1.54) is 0 Å². The highest BCUT2D eigenvalue weighted by atomic mass is 16.2. The molecule has 0 saturated heterocycles. The third kappa shape index (κ3) is 3.51. The number of fused-ring (bicyclic) bond motifs is 1. The van der Waals surface area contributed by atoms with Crippen LogP contribution < -0.4 is 10.6 Å². The molecule has 142 valence electrons. The topological polar surface area (TPSA) is 88.9 Å². The fourth-order valence-electron chi connectivity index (χ4n) is 3.51. The smallest absolute Gasteiger partial charge is 0.250 e. The van der Waals surface area contributed by atoms with Gasteiger partial charge < -0.3 is 0 Å². The highest BCUT2D eigenvalue weighted by Gasteiger charge is 2.30. The molecule has 1 aliphatic rings. The highest BCUT2D eigenvalue weighted by Crippen LogP contribution is 2.30. The molecular formula is C21H21N5O2. The van der Waals surface area contributed by atoms with E-state index in [0.29, 0.717) is 12.4 Å². The van der Waals surface area contributed by atoms with Gasteiger partial charge in [0.2, 0.25) is 17.8 Å². The lowest BCUT2D eigenvalue weighted by Gasteiger charge is -2.23. The van der Waals surface area contributed by atoms with Gasteiger partial charge in [-0.3, -0.25) is 20.2 Å². The fourth-order valence-corrected chi connectivity index (χ4v) is 3.51. The van der Waals surface area contributed by atoms with Crippen molar-refractivity contribution in [2.75, 3.05) is 10.6 Å². The second-order valence-electron chi connectivity index (χ2n) is 6.74. The molecule has 1 aliphatic heterocycles. The van der Waals surface area contributed by atoms with Gasteiger partial charge in [-0.05, 0) is 17.5 Å². The van der Waals surface area contributed by atoms with E-state index in [2.05, 4.69) is 20.7 Å². The lowest BCUT2D eigenvalue weighted by atomic mass is 9.96. The first-order valence-corrected chi connectivity index (χ1v) is 9.33. The van der Waals surface area contributed by atoms with E-state index < -0.39 is 0 Å². The predicted molar refractivity (Wildman–Crippen MR) is 106 cm³/mol. The first-order chi connectivity index (χ1) is 13.7. The van der Waals surface area contributed by atoms with E-state index in [4.69, 9.17) is 0 Å². The Labute approximate surface area is 162 Å². The quantitative estimate of drug-likeness (QED) is 0.716. The molecule has 4 rings (SSSR count). The molecule has 0 fully saturated rings. The predicted octanol–water partition coefficient (Wildman–Crippen LogP) is 3.34. The first kappa shape index (κ1) is 17.9. The van der Waals surface area contributed by atoms with Gasteiger partial charge in [0.15, 0.2) is 0 Å². The number of carbonyl (C=O) groups is 2. The Hall–Kier alpha value is -3.48. The molecule has 2 aromatic carbocycles. The van der Waals surface area contributed by atoms with Gasteiger partial charge in [-0.1, -0.05) is 67.6 Å². The maximum absolute atomic E-state index is 12.8. The summed E-state index contributed by atoms with van der Waals surface area (Å²) >= 11 is 0. The summed E-state index contributed by atoms with van der Waals surface area (Å²) < 4.78 is 1.66. The average Bonchev–Trinajstić information content (AvgIpc) is 3.11. The highest BCUT2D eigenvalue weighted by molar-refractivity contribution is 5.95. The van der Waals surface area contributed by atoms with E-state index in [0.717, 1.165) is 11.1 Å². The second-order valence-corrected chi connectivity index (χ2v) is 6.74. The van der Waals surface area contributed by atoms with Gasteiger partial charge in [0.05, 0.1) is 18.4 Å². The molecule has 2 N–H and O–H groups in total. The lowest BCUT2D eigenvalue weighted by molar-refractivity contribution is -0.118. The van der Waals surface area contributed by atoms with E-state index in [1.54, 1.807) is 4.68 Å². The number of hydrogen-bond donors (Lipinski definition) is 2. The van der Waals surface area contributed by atoms with Crippen molar-refractivity contribution in [2.24, 2.45) is 0 Å². The van der Waals surface area contributed by atoms with Crippen molar-refractivity contribution in [1.29, 1.82) is 0 Å². The van der Waals surface area contributed by atoms with Crippen LogP contribution in [0.25, 0.3) is 0 Å². The number of rotatable bonds is 5. The molecule has 0 unspecified atom stereocenters. The van der Waals surface area contributed by atoms with Crippen LogP contribution in [0, 0.1) is 0 Å². The summed E-state index contributed by atoms with van der Waals surface area (Å²) in [7, 11) is 0. The van der Waals surface area contributed by atoms with Gasteiger partial charge in [-0.25, -0.2) is 4.68 Å². The first-order valence-electron chi connectivity index (χ1n) is 9.33. The van der Waals surface area contributed by atoms with Crippen molar-refractivity contribution in [1.82, 2.24) is 14.8 Å². The van der Waals surface area contributed by atoms with Crippen LogP contribution in [0.15, 0.2) is 60.7 Å². The van der Waals surface area contributed by atoms with Crippen molar-refractivity contribution in [3.63, 3.8) is 0 Å². The minimum atomic E-state index is -0.291. The SMILES string of the molecule is CC[C@@H](C(=O)Nc1nc2n(n1)[C@H](c1ccccc1)CC(=O)N2)c1ccccc1. The van der Waals surface area contributed by atoms with Gasteiger partial charge in [0.1, 0.15) is 0 Å². The maximum Gasteiger partial charge on any atom is 0.250 e. The average molecular weight is 375 g/mol. The minimum absolute atomic E-state index is 0.123. The van der Waals surface area contributed by atoms with Crippen molar-refractivity contribution < 1.29 is 9.59 Å². The Kier molecular flexibility index (Phi) is 4.89. The van der Waals surface area contributed by atoms with Gasteiger partial charge in [0, 0.05) is 0 Å². The van der Waals surface area contributed by atoms with Crippen LogP contribution in [0.1, 0.15) is 42.9 Å². The van der Waals surface area contributed by atoms with Gasteiger partial charge >= 0.3 is 0 Å². The molecule has 2 atom stereocenters. The fraction of sp³-hybridized carbons (Fsp3) is 0.238. The molecule has 0 aliphatic carbocycles. The number of benzene rings is 2. The number of hydrogen-bond acceptors (Lipinski definition) is 4. The lowest BCUT2D eigenvalue weighted by Crippen LogP contribution is -2.29. The van der Waals surface area contributed by atoms with Crippen LogP contribution in [0.3, 0.4) is 0 Å². The number of aromatic nitrogens is 3. The second kappa shape index (κ2) is 7.64. The number of carbonyl (C=O) groups excluding carboxylic acids is 2. The summed E-state index contributed by atoms with van der Waals surface area (Å²) in [4.78, 5) is 29.2. The Bertz CT molecular complexity index is 985. The van der Waals surface area contributed by atoms with Crippen LogP contribution in [0.2, 0.25) is 0 Å². The number of anilines is 2. The summed E-state index contributed by atoms with van der Waals surface area (Å²) in [5, 5.41) is 9.98. The summed E-state index contributed by atoms with van der Waals surface area (Å²) in [6.07, 6.45) is 0.933. The van der Waals surface area contributed by atoms with E-state index in [-0.39, 0.29) is 36.1 Å². The molecule has 7 nitrogen and oxygen atoms in total. The standard InChI is InChI=1S/C21H21N5O2/c1-2-16(14-9-5-3-6-10-14)19(28)23-20-24-21-22-18(27)13-17(26(21)25-20)15-11-7-4-8-12-15/h3-12,16-17H,2,13H2,1H3,(H2,22,23,24,25,27,28)/t16-,17+/m1/s1. The van der Waals surface area contributed by atoms with Crippen molar-refractivity contribution in [3.8, 4) is 0 Å². The van der Waals surface area contributed by atoms with Crippen LogP contribution in [0.4, 0.5) is 11.9 Å². The monoisotopic (exact) mass is 375 g/mol. The summed E-state index contributed by atoms with van der Waals surface area (Å²) in [5.41, 5.74) is 1.92. The molecule has 0 saturated carbocycles. The zero-order chi connectivity index (χ0) is 19.5. The Balaban J connectivity index is 1.59. The largest absolute Gasteiger partial charge is 0.295 e. The van der Waals surface area contributed by atoms with Gasteiger partial charge in [-0.15, -0.1) is 5.10 Å². The zero-order valence-electron chi connectivity index (χ0n) is 15.5. The molecular weight excluding hydrogens is 354 g/mol. The number of nitrogens with zero attached hydrogens (tertiary/aromatic N) is 3. The molecule has 0 spiro atoms. The van der Waals surface area contributed by atoms with Crippen LogP contribution in [-0.4, -0.2) is 26.6 Å². The molecule has 0 bridgehead atoms. The van der Waals surface area contributed by atoms with E-state index in [1.807, 2.05) is 67.6 Å². The van der Waals surface area contributed by atoms with Crippen LogP contribution >= 0.6 is 0 Å². The minimum Gasteiger partial charge on any atom is -0.295 e. The molecule has 0 radical (unpaired) electrons. The number of amides is 2. The molecule has 3 aromatic rings. The van der Waals surface area contributed by atoms with Crippen molar-refractivity contribution in [3.05, 3.63) is 71.8 Å².